The highest BCUT2D eigenvalue weighted by molar-refractivity contribution is 6.00. The fourth-order valence-electron chi connectivity index (χ4n) is 1.25. The van der Waals surface area contributed by atoms with E-state index in [1.807, 2.05) is 5.32 Å². The predicted molar refractivity (Wildman–Crippen MR) is 61.6 cm³/mol. The number of carbonyl (C=O) groups is 3. The first kappa shape index (κ1) is 14.1. The molecule has 19 heavy (non-hydrogen) atoms. The molecule has 0 fully saturated rings. The van der Waals surface area contributed by atoms with Gasteiger partial charge in [-0.3, -0.25) is 24.5 Å². The molecule has 0 saturated carbocycles. The summed E-state index contributed by atoms with van der Waals surface area (Å²) in [5.74, 6) is -3.06. The van der Waals surface area contributed by atoms with E-state index < -0.39 is 34.9 Å². The molecule has 4 N–H and O–H groups in total. The minimum absolute atomic E-state index is 0.213. The summed E-state index contributed by atoms with van der Waals surface area (Å²) in [7, 11) is 0. The maximum absolute atomic E-state index is 11.5. The number of nitrogens with two attached hydrogens (primary N) is 1. The summed E-state index contributed by atoms with van der Waals surface area (Å²) >= 11 is 0. The molecule has 1 aromatic carbocycles. The lowest BCUT2D eigenvalue weighted by atomic mass is 10.1. The number of carboxylic acids is 1. The number of rotatable bonds is 5. The second kappa shape index (κ2) is 5.58. The van der Waals surface area contributed by atoms with Crippen LogP contribution in [-0.2, 0) is 4.79 Å². The SMILES string of the molecule is NC(=O)c1cc(C(=O)NCC(=O)O)cc([N+](=O)[O-])c1. The number of hydrogen-bond donors (Lipinski definition) is 3. The molecule has 0 heterocycles. The highest BCUT2D eigenvalue weighted by Gasteiger charge is 2.17. The average molecular weight is 267 g/mol. The second-order valence-electron chi connectivity index (χ2n) is 3.47. The zero-order valence-corrected chi connectivity index (χ0v) is 9.45. The monoisotopic (exact) mass is 267 g/mol. The molecule has 0 saturated heterocycles. The molecule has 0 unspecified atom stereocenters. The van der Waals surface area contributed by atoms with E-state index in [2.05, 4.69) is 0 Å². The predicted octanol–water partition coefficient (Wildman–Crippen LogP) is -0.492. The Balaban J connectivity index is 3.12. The fraction of sp³-hybridized carbons (Fsp3) is 0.100. The summed E-state index contributed by atoms with van der Waals surface area (Å²) < 4.78 is 0. The number of aliphatic carboxylic acids is 1. The number of non-ortho nitro benzene ring substituents is 1. The molecule has 1 rings (SSSR count). The van der Waals surface area contributed by atoms with Gasteiger partial charge in [0.15, 0.2) is 0 Å². The Labute approximate surface area is 106 Å². The maximum Gasteiger partial charge on any atom is 0.322 e. The van der Waals surface area contributed by atoms with E-state index >= 15 is 0 Å². The Morgan fingerprint density at radius 2 is 1.84 bits per heavy atom. The average Bonchev–Trinajstić information content (AvgIpc) is 2.35. The number of nitro groups is 1. The Morgan fingerprint density at radius 3 is 2.32 bits per heavy atom. The van der Waals surface area contributed by atoms with Gasteiger partial charge >= 0.3 is 5.97 Å². The van der Waals surface area contributed by atoms with Crippen LogP contribution in [0, 0.1) is 10.1 Å². The molecular weight excluding hydrogens is 258 g/mol. The Hall–Kier alpha value is -2.97. The molecule has 2 amide bonds. The lowest BCUT2D eigenvalue weighted by molar-refractivity contribution is -0.384. The minimum Gasteiger partial charge on any atom is -0.480 e. The number of nitrogens with one attached hydrogen (secondary N) is 1. The minimum atomic E-state index is -1.27. The first-order valence-corrected chi connectivity index (χ1v) is 4.90. The van der Waals surface area contributed by atoms with Gasteiger partial charge in [-0.05, 0) is 6.07 Å². The summed E-state index contributed by atoms with van der Waals surface area (Å²) in [5, 5.41) is 21.1. The van der Waals surface area contributed by atoms with E-state index in [9.17, 15) is 24.5 Å². The van der Waals surface area contributed by atoms with Crippen LogP contribution >= 0.6 is 0 Å². The van der Waals surface area contributed by atoms with Crippen molar-refractivity contribution in [1.82, 2.24) is 5.32 Å². The molecule has 9 nitrogen and oxygen atoms in total. The number of primary amides is 1. The van der Waals surface area contributed by atoms with Crippen molar-refractivity contribution >= 4 is 23.5 Å². The number of hydrogen-bond acceptors (Lipinski definition) is 5. The smallest absolute Gasteiger partial charge is 0.322 e. The molecule has 0 aliphatic rings. The summed E-state index contributed by atoms with van der Waals surface area (Å²) in [6.07, 6.45) is 0. The third-order valence-corrected chi connectivity index (χ3v) is 2.08. The molecule has 0 aliphatic heterocycles. The third-order valence-electron chi connectivity index (χ3n) is 2.08. The molecule has 0 radical (unpaired) electrons. The van der Waals surface area contributed by atoms with Gasteiger partial charge in [0.2, 0.25) is 5.91 Å². The number of carbonyl (C=O) groups excluding carboxylic acids is 2. The van der Waals surface area contributed by atoms with Crippen LogP contribution in [0.3, 0.4) is 0 Å². The van der Waals surface area contributed by atoms with Gasteiger partial charge in [-0.15, -0.1) is 0 Å². The summed E-state index contributed by atoms with van der Waals surface area (Å²) in [4.78, 5) is 42.7. The van der Waals surface area contributed by atoms with Crippen LogP contribution < -0.4 is 11.1 Å². The zero-order valence-electron chi connectivity index (χ0n) is 9.45. The standard InChI is InChI=1S/C10H9N3O6/c11-9(16)5-1-6(3-7(2-5)13(18)19)10(17)12-4-8(14)15/h1-3H,4H2,(H2,11,16)(H,12,17)(H,14,15). The van der Waals surface area contributed by atoms with Crippen molar-refractivity contribution in [2.24, 2.45) is 5.73 Å². The molecule has 0 bridgehead atoms. The van der Waals surface area contributed by atoms with E-state index in [4.69, 9.17) is 10.8 Å². The van der Waals surface area contributed by atoms with E-state index in [0.717, 1.165) is 18.2 Å². The normalized spacial score (nSPS) is 9.68. The molecule has 9 heteroatoms. The van der Waals surface area contributed by atoms with E-state index in [0.29, 0.717) is 0 Å². The molecule has 0 atom stereocenters. The van der Waals surface area contributed by atoms with Crippen LogP contribution in [-0.4, -0.2) is 34.4 Å². The highest BCUT2D eigenvalue weighted by atomic mass is 16.6. The lowest BCUT2D eigenvalue weighted by Gasteiger charge is -2.04. The molecule has 0 aliphatic carbocycles. The third kappa shape index (κ3) is 3.77. The Morgan fingerprint density at radius 1 is 1.26 bits per heavy atom. The van der Waals surface area contributed by atoms with Crippen LogP contribution in [0.25, 0.3) is 0 Å². The van der Waals surface area contributed by atoms with Gasteiger partial charge in [0.1, 0.15) is 6.54 Å². The van der Waals surface area contributed by atoms with Gasteiger partial charge in [0.05, 0.1) is 4.92 Å². The van der Waals surface area contributed by atoms with Crippen LogP contribution in [0.5, 0.6) is 0 Å². The van der Waals surface area contributed by atoms with Crippen molar-refractivity contribution in [2.75, 3.05) is 6.54 Å². The number of carboxylic acid groups (broad SMARTS) is 1. The van der Waals surface area contributed by atoms with Gasteiger partial charge in [-0.25, -0.2) is 0 Å². The Bertz CT molecular complexity index is 536. The molecule has 1 aromatic rings. The van der Waals surface area contributed by atoms with Crippen LogP contribution in [0.4, 0.5) is 5.69 Å². The van der Waals surface area contributed by atoms with Crippen LogP contribution in [0.1, 0.15) is 20.7 Å². The maximum atomic E-state index is 11.5. The molecular formula is C10H9N3O6. The zero-order chi connectivity index (χ0) is 14.6. The molecule has 100 valence electrons. The van der Waals surface area contributed by atoms with Gasteiger partial charge in [-0.1, -0.05) is 0 Å². The Kier molecular flexibility index (Phi) is 4.14. The van der Waals surface area contributed by atoms with Crippen LogP contribution in [0.15, 0.2) is 18.2 Å². The second-order valence-corrected chi connectivity index (χ2v) is 3.47. The van der Waals surface area contributed by atoms with Gasteiger partial charge in [0.25, 0.3) is 11.6 Å². The van der Waals surface area contributed by atoms with Gasteiger partial charge in [-0.2, -0.15) is 0 Å². The molecule has 0 spiro atoms. The fourth-order valence-corrected chi connectivity index (χ4v) is 1.25. The van der Waals surface area contributed by atoms with Crippen molar-refractivity contribution in [2.45, 2.75) is 0 Å². The first-order valence-electron chi connectivity index (χ1n) is 4.90. The van der Waals surface area contributed by atoms with E-state index in [-0.39, 0.29) is 11.1 Å². The highest BCUT2D eigenvalue weighted by Crippen LogP contribution is 2.17. The topological polar surface area (TPSA) is 153 Å². The number of amides is 2. The quantitative estimate of drug-likeness (QED) is 0.483. The summed E-state index contributed by atoms with van der Waals surface area (Å²) in [6.45, 7) is -0.645. The number of nitro benzene ring substituents is 1. The van der Waals surface area contributed by atoms with Crippen LogP contribution in [0.2, 0.25) is 0 Å². The van der Waals surface area contributed by atoms with Crippen molar-refractivity contribution in [1.29, 1.82) is 0 Å². The lowest BCUT2D eigenvalue weighted by Crippen LogP contribution is -2.29. The summed E-state index contributed by atoms with van der Waals surface area (Å²) in [5.41, 5.74) is 4.07. The van der Waals surface area contributed by atoms with Gasteiger partial charge in [0, 0.05) is 23.3 Å². The number of nitrogens with zero attached hydrogens (tertiary/aromatic N) is 1. The van der Waals surface area contributed by atoms with Crippen molar-refractivity contribution < 1.29 is 24.4 Å². The van der Waals surface area contributed by atoms with Crippen molar-refractivity contribution in [3.8, 4) is 0 Å². The van der Waals surface area contributed by atoms with E-state index in [1.54, 1.807) is 0 Å². The van der Waals surface area contributed by atoms with Crippen molar-refractivity contribution in [3.05, 3.63) is 39.4 Å². The van der Waals surface area contributed by atoms with Gasteiger partial charge < -0.3 is 16.2 Å². The first-order chi connectivity index (χ1) is 8.81. The van der Waals surface area contributed by atoms with E-state index in [1.165, 1.54) is 0 Å². The largest absolute Gasteiger partial charge is 0.480 e. The number of benzene rings is 1. The molecule has 0 aromatic heterocycles. The van der Waals surface area contributed by atoms with Crippen molar-refractivity contribution in [3.63, 3.8) is 0 Å². The summed E-state index contributed by atoms with van der Waals surface area (Å²) in [6, 6.07) is 2.90.